The lowest BCUT2D eigenvalue weighted by Gasteiger charge is -2.27. The molecule has 4 nitrogen and oxygen atoms in total. The number of amides is 1. The van der Waals surface area contributed by atoms with Gasteiger partial charge in [0.1, 0.15) is 0 Å². The molecule has 1 amide bonds. The second-order valence-corrected chi connectivity index (χ2v) is 6.32. The lowest BCUT2D eigenvalue weighted by molar-refractivity contribution is 0.0926. The van der Waals surface area contributed by atoms with E-state index in [4.69, 9.17) is 0 Å². The third kappa shape index (κ3) is 4.67. The molecule has 0 saturated carbocycles. The van der Waals surface area contributed by atoms with E-state index in [2.05, 4.69) is 36.1 Å². The van der Waals surface area contributed by atoms with E-state index in [-0.39, 0.29) is 17.4 Å². The van der Waals surface area contributed by atoms with Crippen LogP contribution < -0.4 is 5.32 Å². The number of aromatic nitrogens is 2. The first-order valence-electron chi connectivity index (χ1n) is 7.06. The highest BCUT2D eigenvalue weighted by Gasteiger charge is 2.22. The van der Waals surface area contributed by atoms with Gasteiger partial charge in [0.25, 0.3) is 5.91 Å². The SMILES string of the molecule is CC(C)(C)C[C@@H](NC(=O)c1cccnc1)c1cccnc1. The van der Waals surface area contributed by atoms with Crippen molar-refractivity contribution in [1.29, 1.82) is 0 Å². The number of rotatable bonds is 4. The Morgan fingerprint density at radius 2 is 1.81 bits per heavy atom. The molecule has 0 radical (unpaired) electrons. The summed E-state index contributed by atoms with van der Waals surface area (Å²) in [7, 11) is 0. The molecule has 0 aliphatic rings. The van der Waals surface area contributed by atoms with Gasteiger partial charge in [-0.15, -0.1) is 0 Å². The summed E-state index contributed by atoms with van der Waals surface area (Å²) in [6.45, 7) is 6.48. The Bertz CT molecular complexity index is 576. The maximum absolute atomic E-state index is 12.3. The summed E-state index contributed by atoms with van der Waals surface area (Å²) in [5.41, 5.74) is 1.69. The minimum Gasteiger partial charge on any atom is -0.345 e. The third-order valence-corrected chi connectivity index (χ3v) is 3.13. The van der Waals surface area contributed by atoms with E-state index >= 15 is 0 Å². The van der Waals surface area contributed by atoms with Crippen molar-refractivity contribution in [3.8, 4) is 0 Å². The van der Waals surface area contributed by atoms with Crippen molar-refractivity contribution in [3.05, 3.63) is 60.2 Å². The summed E-state index contributed by atoms with van der Waals surface area (Å²) in [5, 5.41) is 3.09. The highest BCUT2D eigenvalue weighted by atomic mass is 16.1. The molecule has 1 atom stereocenters. The monoisotopic (exact) mass is 283 g/mol. The van der Waals surface area contributed by atoms with Crippen molar-refractivity contribution in [3.63, 3.8) is 0 Å². The summed E-state index contributed by atoms with van der Waals surface area (Å²) in [6.07, 6.45) is 7.61. The Hall–Kier alpha value is -2.23. The average Bonchev–Trinajstić information content (AvgIpc) is 2.47. The Balaban J connectivity index is 2.19. The maximum Gasteiger partial charge on any atom is 0.253 e. The van der Waals surface area contributed by atoms with E-state index in [0.717, 1.165) is 12.0 Å². The van der Waals surface area contributed by atoms with E-state index in [1.807, 2.05) is 12.1 Å². The van der Waals surface area contributed by atoms with Gasteiger partial charge in [-0.25, -0.2) is 0 Å². The van der Waals surface area contributed by atoms with Crippen molar-refractivity contribution in [2.75, 3.05) is 0 Å². The van der Waals surface area contributed by atoms with Crippen molar-refractivity contribution >= 4 is 5.91 Å². The average molecular weight is 283 g/mol. The van der Waals surface area contributed by atoms with E-state index < -0.39 is 0 Å². The minimum atomic E-state index is -0.110. The lowest BCUT2D eigenvalue weighted by atomic mass is 9.85. The predicted molar refractivity (Wildman–Crippen MR) is 82.8 cm³/mol. The Morgan fingerprint density at radius 1 is 1.14 bits per heavy atom. The fourth-order valence-corrected chi connectivity index (χ4v) is 2.19. The van der Waals surface area contributed by atoms with Crippen molar-refractivity contribution in [2.45, 2.75) is 33.2 Å². The Kier molecular flexibility index (Phi) is 4.68. The summed E-state index contributed by atoms with van der Waals surface area (Å²) < 4.78 is 0. The molecule has 110 valence electrons. The largest absolute Gasteiger partial charge is 0.345 e. The molecule has 0 bridgehead atoms. The smallest absolute Gasteiger partial charge is 0.253 e. The fourth-order valence-electron chi connectivity index (χ4n) is 2.19. The van der Waals surface area contributed by atoms with Gasteiger partial charge >= 0.3 is 0 Å². The van der Waals surface area contributed by atoms with E-state index in [1.54, 1.807) is 36.9 Å². The number of nitrogens with zero attached hydrogens (tertiary/aromatic N) is 2. The first-order valence-corrected chi connectivity index (χ1v) is 7.06. The van der Waals surface area contributed by atoms with E-state index in [1.165, 1.54) is 0 Å². The van der Waals surface area contributed by atoms with Gasteiger partial charge in [0.15, 0.2) is 0 Å². The van der Waals surface area contributed by atoms with Gasteiger partial charge in [-0.2, -0.15) is 0 Å². The zero-order valence-corrected chi connectivity index (χ0v) is 12.7. The zero-order valence-electron chi connectivity index (χ0n) is 12.7. The van der Waals surface area contributed by atoms with E-state index in [0.29, 0.717) is 5.56 Å². The molecule has 1 N–H and O–H groups in total. The number of hydrogen-bond acceptors (Lipinski definition) is 3. The molecule has 0 fully saturated rings. The first-order chi connectivity index (χ1) is 9.96. The van der Waals surface area contributed by atoms with Crippen LogP contribution in [0.25, 0.3) is 0 Å². The van der Waals surface area contributed by atoms with Crippen LogP contribution in [-0.4, -0.2) is 15.9 Å². The molecule has 0 aromatic carbocycles. The van der Waals surface area contributed by atoms with Gasteiger partial charge in [-0.3, -0.25) is 14.8 Å². The van der Waals surface area contributed by atoms with Crippen molar-refractivity contribution in [1.82, 2.24) is 15.3 Å². The van der Waals surface area contributed by atoms with Gasteiger partial charge < -0.3 is 5.32 Å². The second kappa shape index (κ2) is 6.48. The molecule has 0 aliphatic carbocycles. The molecule has 2 aromatic rings. The number of carbonyl (C=O) groups is 1. The number of pyridine rings is 2. The highest BCUT2D eigenvalue weighted by molar-refractivity contribution is 5.94. The zero-order chi connectivity index (χ0) is 15.3. The van der Waals surface area contributed by atoms with Crippen molar-refractivity contribution in [2.24, 2.45) is 5.41 Å². The normalized spacial score (nSPS) is 12.7. The van der Waals surface area contributed by atoms with Gasteiger partial charge in [0.2, 0.25) is 0 Å². The van der Waals surface area contributed by atoms with Crippen LogP contribution in [0.1, 0.15) is 49.2 Å². The molecule has 2 aromatic heterocycles. The van der Waals surface area contributed by atoms with Crippen LogP contribution in [0.4, 0.5) is 0 Å². The third-order valence-electron chi connectivity index (χ3n) is 3.13. The minimum absolute atomic E-state index is 0.0635. The summed E-state index contributed by atoms with van der Waals surface area (Å²) in [5.74, 6) is -0.110. The summed E-state index contributed by atoms with van der Waals surface area (Å²) in [4.78, 5) is 20.5. The standard InChI is InChI=1S/C17H21N3O/c1-17(2,3)10-15(13-6-4-8-18-11-13)20-16(21)14-7-5-9-19-12-14/h4-9,11-12,15H,10H2,1-3H3,(H,20,21)/t15-/m1/s1. The molecule has 0 aliphatic heterocycles. The highest BCUT2D eigenvalue weighted by Crippen LogP contribution is 2.29. The Labute approximate surface area is 125 Å². The molecular weight excluding hydrogens is 262 g/mol. The maximum atomic E-state index is 12.3. The lowest BCUT2D eigenvalue weighted by Crippen LogP contribution is -2.31. The predicted octanol–water partition coefficient (Wildman–Crippen LogP) is 3.38. The molecule has 0 saturated heterocycles. The molecule has 0 unspecified atom stereocenters. The van der Waals surface area contributed by atoms with E-state index in [9.17, 15) is 4.79 Å². The van der Waals surface area contributed by atoms with Crippen LogP contribution in [0.2, 0.25) is 0 Å². The molecular formula is C17H21N3O. The summed E-state index contributed by atoms with van der Waals surface area (Å²) in [6, 6.07) is 7.34. The summed E-state index contributed by atoms with van der Waals surface area (Å²) >= 11 is 0. The molecule has 4 heteroatoms. The number of hydrogen-bond donors (Lipinski definition) is 1. The van der Waals surface area contributed by atoms with Gasteiger partial charge in [0.05, 0.1) is 11.6 Å². The quantitative estimate of drug-likeness (QED) is 0.935. The van der Waals surface area contributed by atoms with Crippen LogP contribution in [0, 0.1) is 5.41 Å². The van der Waals surface area contributed by atoms with Gasteiger partial charge in [0, 0.05) is 24.8 Å². The second-order valence-electron chi connectivity index (χ2n) is 6.32. The topological polar surface area (TPSA) is 54.9 Å². The van der Waals surface area contributed by atoms with Crippen LogP contribution >= 0.6 is 0 Å². The molecule has 2 heterocycles. The van der Waals surface area contributed by atoms with Crippen LogP contribution in [0.5, 0.6) is 0 Å². The number of carbonyl (C=O) groups excluding carboxylic acids is 1. The van der Waals surface area contributed by atoms with Gasteiger partial charge in [-0.1, -0.05) is 26.8 Å². The van der Waals surface area contributed by atoms with Crippen LogP contribution in [0.3, 0.4) is 0 Å². The van der Waals surface area contributed by atoms with Gasteiger partial charge in [-0.05, 0) is 35.6 Å². The molecule has 21 heavy (non-hydrogen) atoms. The van der Waals surface area contributed by atoms with Crippen molar-refractivity contribution < 1.29 is 4.79 Å². The van der Waals surface area contributed by atoms with Crippen LogP contribution in [0.15, 0.2) is 49.1 Å². The molecule has 2 rings (SSSR count). The molecule has 0 spiro atoms. The van der Waals surface area contributed by atoms with Crippen LogP contribution in [-0.2, 0) is 0 Å². The first kappa shape index (κ1) is 15.2. The fraction of sp³-hybridized carbons (Fsp3) is 0.353. The Morgan fingerprint density at radius 3 is 2.33 bits per heavy atom. The number of nitrogens with one attached hydrogen (secondary N) is 1.